The number of nitriles is 1. The summed E-state index contributed by atoms with van der Waals surface area (Å²) in [5.41, 5.74) is 0. The van der Waals surface area contributed by atoms with Crippen LogP contribution in [0.2, 0.25) is 5.82 Å². The van der Waals surface area contributed by atoms with Crippen molar-refractivity contribution in [3.8, 4) is 4.97 Å². The Labute approximate surface area is 92.8 Å². The monoisotopic (exact) mass is 234 g/mol. The Bertz CT molecular complexity index is 47.4. The number of hydrogen-bond acceptors (Lipinski definition) is 1. The van der Waals surface area contributed by atoms with Gasteiger partial charge < -0.3 is 0 Å². The van der Waals surface area contributed by atoms with Crippen molar-refractivity contribution in [2.75, 3.05) is 0 Å². The van der Waals surface area contributed by atoms with Gasteiger partial charge in [0, 0.05) is 33.6 Å². The Hall–Kier alpha value is 2.02. The number of nitrogens with zero attached hydrogens (tertiary/aromatic N) is 1. The molecule has 1 radical (unpaired) electrons. The Morgan fingerprint density at radius 2 is 1.71 bits per heavy atom. The van der Waals surface area contributed by atoms with Crippen LogP contribution in [0, 0.1) is 10.2 Å². The molecule has 1 nitrogen and oxygen atoms in total. The van der Waals surface area contributed by atoms with E-state index in [1.807, 2.05) is 10.8 Å². The molecule has 0 heterocycles. The van der Waals surface area contributed by atoms with Gasteiger partial charge in [-0.2, -0.15) is 0 Å². The first-order valence-corrected chi connectivity index (χ1v) is 2.41. The Balaban J connectivity index is -0.0000000150. The maximum Gasteiger partial charge on any atom is 0 e. The van der Waals surface area contributed by atoms with Crippen LogP contribution >= 0.6 is 0 Å². The fourth-order valence-electron chi connectivity index (χ4n) is 0. The minimum absolute atomic E-state index is 0. The maximum absolute atomic E-state index is 7.62. The van der Waals surface area contributed by atoms with Gasteiger partial charge in [-0.1, -0.05) is 0 Å². The first-order valence-electron chi connectivity index (χ1n) is 0.754. The predicted molar refractivity (Wildman–Crippen MR) is 18.6 cm³/mol. The fourth-order valence-corrected chi connectivity index (χ4v) is 0. The molecule has 0 aliphatic carbocycles. The van der Waals surface area contributed by atoms with Gasteiger partial charge in [-0.3, -0.25) is 0 Å². The van der Waals surface area contributed by atoms with Gasteiger partial charge in [0.2, 0.25) is 0 Å². The molecule has 0 bridgehead atoms. The summed E-state index contributed by atoms with van der Waals surface area (Å²) in [7, 11) is 0. The van der Waals surface area contributed by atoms with Gasteiger partial charge in [-0.25, -0.2) is 0 Å². The van der Waals surface area contributed by atoms with Gasteiger partial charge >= 0.3 is 60.6 Å². The third kappa shape index (κ3) is 31.9. The zero-order chi connectivity index (χ0) is 3.41. The summed E-state index contributed by atoms with van der Waals surface area (Å²) in [6.45, 7) is 0. The van der Waals surface area contributed by atoms with Crippen molar-refractivity contribution in [3.05, 3.63) is 0 Å². The smallest absolute Gasteiger partial charge is 0 e. The molecule has 0 aromatic heterocycles. The third-order valence-electron chi connectivity index (χ3n) is 0.0791. The average molecular weight is 235 g/mol. The molecule has 43 valence electrons. The van der Waals surface area contributed by atoms with Crippen LogP contribution in [0.15, 0.2) is 0 Å². The summed E-state index contributed by atoms with van der Waals surface area (Å²) in [5.74, 6) is 1.82. The van der Waals surface area contributed by atoms with E-state index >= 15 is 0 Å². The Morgan fingerprint density at radius 3 is 1.71 bits per heavy atom. The second-order valence-electron chi connectivity index (χ2n) is 0.256. The van der Waals surface area contributed by atoms with Crippen molar-refractivity contribution in [2.24, 2.45) is 0 Å². The standard InChI is InChI=1S/CN.CH3.Fe.Mn.Na.Ni.H/c1-2;;;;;;/h;1H3;;;;;. The van der Waals surface area contributed by atoms with E-state index in [0.717, 1.165) is 0 Å². The molecule has 0 aromatic carbocycles. The normalized spacial score (nSPS) is 3.43. The summed E-state index contributed by atoms with van der Waals surface area (Å²) in [5, 5.41) is 7.62. The van der Waals surface area contributed by atoms with E-state index in [4.69, 9.17) is 5.26 Å². The number of rotatable bonds is 0. The van der Waals surface area contributed by atoms with Crippen LogP contribution in [0.5, 0.6) is 0 Å². The van der Waals surface area contributed by atoms with Crippen LogP contribution < -0.4 is 0 Å². The molecule has 0 atom stereocenters. The maximum atomic E-state index is 7.62. The van der Waals surface area contributed by atoms with Gasteiger partial charge in [-0.15, -0.1) is 0 Å². The van der Waals surface area contributed by atoms with Crippen LogP contribution in [0.3, 0.4) is 0 Å². The molecule has 0 fully saturated rings. The Kier molecular flexibility index (Phi) is 80.4. The molecular weight excluding hydrogens is 230 g/mol. The van der Waals surface area contributed by atoms with Crippen molar-refractivity contribution in [1.82, 2.24) is 0 Å². The number of hydrogen-bond donors (Lipinski definition) is 0. The van der Waals surface area contributed by atoms with Crippen molar-refractivity contribution in [1.29, 1.82) is 5.26 Å². The predicted octanol–water partition coefficient (Wildman–Crippen LogP) is -0.0554. The fraction of sp³-hybridized carbons (Fsp3) is 0.500. The average Bonchev–Trinajstić information content (AvgIpc) is 1.37. The summed E-state index contributed by atoms with van der Waals surface area (Å²) in [4.78, 5) is 1.93. The van der Waals surface area contributed by atoms with E-state index in [-0.39, 0.29) is 63.1 Å². The summed E-state index contributed by atoms with van der Waals surface area (Å²) in [6.07, 6.45) is 0. The SMILES string of the molecule is [CH3][Fe][C]#N.[Mn].[NaH].[Ni]. The van der Waals surface area contributed by atoms with Gasteiger partial charge in [0.05, 0.1) is 0 Å². The molecule has 0 N–H and O–H groups in total. The minimum atomic E-state index is 0. The Morgan fingerprint density at radius 1 is 1.57 bits per heavy atom. The van der Waals surface area contributed by atoms with Crippen LogP contribution in [-0.4, -0.2) is 29.6 Å². The van der Waals surface area contributed by atoms with E-state index in [0.29, 0.717) is 15.0 Å². The largest absolute Gasteiger partial charge is 0 e. The molecule has 0 rings (SSSR count). The van der Waals surface area contributed by atoms with E-state index in [9.17, 15) is 0 Å². The minimum Gasteiger partial charge on any atom is 0 e. The topological polar surface area (TPSA) is 23.8 Å². The summed E-state index contributed by atoms with van der Waals surface area (Å²) in [6, 6.07) is 0. The van der Waals surface area contributed by atoms with Crippen molar-refractivity contribution in [2.45, 2.75) is 5.82 Å². The molecular formula is C2H4FeMnNNaNi. The second kappa shape index (κ2) is 24.5. The molecule has 0 amide bonds. The van der Waals surface area contributed by atoms with Crippen LogP contribution in [0.1, 0.15) is 0 Å². The van der Waals surface area contributed by atoms with Gasteiger partial charge in [0.15, 0.2) is 0 Å². The molecule has 5 heteroatoms. The zero-order valence-electron chi connectivity index (χ0n) is 2.99. The molecule has 0 spiro atoms. The van der Waals surface area contributed by atoms with E-state index in [2.05, 4.69) is 0 Å². The first kappa shape index (κ1) is 23.0. The molecule has 0 saturated heterocycles. The van der Waals surface area contributed by atoms with Gasteiger partial charge in [0.25, 0.3) is 0 Å². The van der Waals surface area contributed by atoms with Crippen LogP contribution in [-0.2, 0) is 48.5 Å². The van der Waals surface area contributed by atoms with E-state index < -0.39 is 0 Å². The molecule has 0 aliphatic rings. The van der Waals surface area contributed by atoms with Crippen molar-refractivity contribution < 1.29 is 48.5 Å². The van der Waals surface area contributed by atoms with E-state index in [1.54, 1.807) is 0 Å². The third-order valence-corrected chi connectivity index (χ3v) is 0.326. The summed E-state index contributed by atoms with van der Waals surface area (Å²) >= 11 is 0.625. The molecule has 0 saturated carbocycles. The van der Waals surface area contributed by atoms with Gasteiger partial charge in [0.1, 0.15) is 0 Å². The summed E-state index contributed by atoms with van der Waals surface area (Å²) < 4.78 is 0. The molecule has 0 aromatic rings. The van der Waals surface area contributed by atoms with Crippen molar-refractivity contribution in [3.63, 3.8) is 0 Å². The van der Waals surface area contributed by atoms with Crippen molar-refractivity contribution >= 4 is 29.6 Å². The van der Waals surface area contributed by atoms with Gasteiger partial charge in [-0.05, 0) is 0 Å². The van der Waals surface area contributed by atoms with E-state index in [1.165, 1.54) is 0 Å². The quantitative estimate of drug-likeness (QED) is 0.539. The van der Waals surface area contributed by atoms with Crippen LogP contribution in [0.25, 0.3) is 0 Å². The zero-order valence-corrected chi connectivity index (χ0v) is 6.27. The second-order valence-corrected chi connectivity index (χ2v) is 1.05. The molecule has 7 heavy (non-hydrogen) atoms. The first-order chi connectivity index (χ1) is 1.91. The molecule has 0 aliphatic heterocycles. The van der Waals surface area contributed by atoms with Crippen LogP contribution in [0.4, 0.5) is 0 Å². The molecule has 0 unspecified atom stereocenters.